The normalized spacial score (nSPS) is 56.2. The van der Waals surface area contributed by atoms with Crippen LogP contribution >= 0.6 is 0 Å². The zero-order valence-electron chi connectivity index (χ0n) is 14.6. The lowest BCUT2D eigenvalue weighted by molar-refractivity contribution is -0.320. The first-order valence-corrected chi connectivity index (χ1v) is 9.51. The van der Waals surface area contributed by atoms with Crippen LogP contribution in [0.3, 0.4) is 0 Å². The highest BCUT2D eigenvalue weighted by Crippen LogP contribution is 2.78. The third kappa shape index (κ3) is 1.52. The molecule has 0 aromatic heterocycles. The zero-order chi connectivity index (χ0) is 17.8. The second-order valence-corrected chi connectivity index (χ2v) is 9.52. The summed E-state index contributed by atoms with van der Waals surface area (Å²) >= 11 is 0. The van der Waals surface area contributed by atoms with Gasteiger partial charge < -0.3 is 19.7 Å². The van der Waals surface area contributed by atoms with Crippen LogP contribution in [0.5, 0.6) is 0 Å². The van der Waals surface area contributed by atoms with E-state index in [-0.39, 0.29) is 16.7 Å². The van der Waals surface area contributed by atoms with Crippen molar-refractivity contribution in [2.24, 2.45) is 39.9 Å². The molecule has 5 heteroatoms. The van der Waals surface area contributed by atoms with Gasteiger partial charge in [0.1, 0.15) is 0 Å². The molecule has 5 rings (SSSR count). The van der Waals surface area contributed by atoms with Gasteiger partial charge in [0.15, 0.2) is 0 Å². The summed E-state index contributed by atoms with van der Waals surface area (Å²) < 4.78 is 5.60. The molecule has 1 aliphatic heterocycles. The molecule has 6 unspecified atom stereocenters. The van der Waals surface area contributed by atoms with Crippen LogP contribution in [0, 0.1) is 39.9 Å². The molecule has 1 saturated heterocycles. The molecule has 0 amide bonds. The molecule has 4 bridgehead atoms. The predicted molar refractivity (Wildman–Crippen MR) is 85.7 cm³/mol. The Kier molecular flexibility index (Phi) is 2.84. The Morgan fingerprint density at radius 2 is 2.08 bits per heavy atom. The fourth-order valence-corrected chi connectivity index (χ4v) is 8.10. The summed E-state index contributed by atoms with van der Waals surface area (Å²) in [4.78, 5) is 25.1. The zero-order valence-corrected chi connectivity index (χ0v) is 14.6. The number of aliphatic hydroxyl groups is 1. The third-order valence-corrected chi connectivity index (χ3v) is 8.91. The van der Waals surface area contributed by atoms with Crippen molar-refractivity contribution in [3.63, 3.8) is 0 Å². The summed E-state index contributed by atoms with van der Waals surface area (Å²) in [5.41, 5.74) is -0.686. The summed E-state index contributed by atoms with van der Waals surface area (Å²) in [6, 6.07) is 0. The minimum Gasteiger partial charge on any atom is -0.550 e. The van der Waals surface area contributed by atoms with Gasteiger partial charge in [0.2, 0.25) is 0 Å². The van der Waals surface area contributed by atoms with Crippen molar-refractivity contribution in [3.8, 4) is 0 Å². The quantitative estimate of drug-likeness (QED) is 0.567. The number of cyclic esters (lactones) is 1. The molecule has 25 heavy (non-hydrogen) atoms. The van der Waals surface area contributed by atoms with Crippen molar-refractivity contribution in [3.05, 3.63) is 12.2 Å². The van der Waals surface area contributed by atoms with Crippen LogP contribution in [0.15, 0.2) is 12.2 Å². The number of carboxylic acid groups (broad SMARTS) is 1. The van der Waals surface area contributed by atoms with Crippen molar-refractivity contribution in [2.75, 3.05) is 6.61 Å². The number of hydrogen-bond donors (Lipinski definition) is 1. The molecule has 5 fully saturated rings. The molecular formula is C20H25O5-. The highest BCUT2D eigenvalue weighted by molar-refractivity contribution is 5.82. The van der Waals surface area contributed by atoms with Crippen LogP contribution in [-0.4, -0.2) is 29.8 Å². The van der Waals surface area contributed by atoms with Crippen LogP contribution < -0.4 is 5.11 Å². The molecule has 1 heterocycles. The maximum atomic E-state index is 12.7. The molecular weight excluding hydrogens is 320 g/mol. The summed E-state index contributed by atoms with van der Waals surface area (Å²) in [6.07, 6.45) is 4.00. The maximum absolute atomic E-state index is 12.7. The average Bonchev–Trinajstić information content (AvgIpc) is 2.97. The van der Waals surface area contributed by atoms with Gasteiger partial charge >= 0.3 is 5.97 Å². The molecule has 4 saturated carbocycles. The molecule has 4 aliphatic carbocycles. The highest BCUT2D eigenvalue weighted by atomic mass is 16.5. The molecule has 0 aromatic carbocycles. The van der Waals surface area contributed by atoms with Gasteiger partial charge in [-0.1, -0.05) is 12.2 Å². The molecule has 136 valence electrons. The first kappa shape index (κ1) is 15.9. The van der Waals surface area contributed by atoms with Gasteiger partial charge in [0.25, 0.3) is 0 Å². The summed E-state index contributed by atoms with van der Waals surface area (Å²) in [5.74, 6) is -1.98. The topological polar surface area (TPSA) is 86.7 Å². The minimum atomic E-state index is -1.15. The second-order valence-electron chi connectivity index (χ2n) is 9.52. The Balaban J connectivity index is 1.76. The Morgan fingerprint density at radius 3 is 2.80 bits per heavy atom. The Morgan fingerprint density at radius 1 is 1.32 bits per heavy atom. The first-order chi connectivity index (χ1) is 11.8. The van der Waals surface area contributed by atoms with E-state index in [0.29, 0.717) is 18.9 Å². The number of ether oxygens (including phenoxy) is 1. The lowest BCUT2D eigenvalue weighted by Crippen LogP contribution is -2.64. The van der Waals surface area contributed by atoms with Crippen molar-refractivity contribution >= 4 is 11.9 Å². The minimum absolute atomic E-state index is 0.211. The molecule has 0 aromatic rings. The number of carboxylic acids is 1. The summed E-state index contributed by atoms with van der Waals surface area (Å²) in [5, 5.41) is 23.1. The molecule has 5 nitrogen and oxygen atoms in total. The van der Waals surface area contributed by atoms with Crippen molar-refractivity contribution in [1.29, 1.82) is 0 Å². The number of esters is 1. The van der Waals surface area contributed by atoms with Gasteiger partial charge in [-0.05, 0) is 68.6 Å². The monoisotopic (exact) mass is 345 g/mol. The van der Waals surface area contributed by atoms with E-state index in [4.69, 9.17) is 4.74 Å². The van der Waals surface area contributed by atoms with E-state index in [1.165, 1.54) is 0 Å². The molecule has 5 aliphatic rings. The van der Waals surface area contributed by atoms with E-state index in [0.717, 1.165) is 37.7 Å². The standard InChI is InChI=1S/C20H26O5/c1-10-7-20-8-11(10)3-4-12(20)19-6-5-13(21)18(2,17(24)25-9-19)15(19)14(20)16(22)23/h11-15,21H,1,3-9H2,2H3,(H,22,23)/p-1/t11?,12?,13?,14?,15?,18-,19-,20?/m1/s1. The number of carbonyl (C=O) groups excluding carboxylic acids is 2. The van der Waals surface area contributed by atoms with Gasteiger partial charge in [-0.25, -0.2) is 0 Å². The van der Waals surface area contributed by atoms with Crippen LogP contribution in [0.2, 0.25) is 0 Å². The SMILES string of the molecule is C=C1CC23CC1CCC2[C@@]12CCC(O)[C@@](C)(C(=O)OC1)C2C3C(=O)[O-]. The molecule has 8 atom stereocenters. The van der Waals surface area contributed by atoms with Crippen LogP contribution in [-0.2, 0) is 14.3 Å². The van der Waals surface area contributed by atoms with Crippen molar-refractivity contribution in [1.82, 2.24) is 0 Å². The molecule has 1 N–H and O–H groups in total. The number of rotatable bonds is 1. The number of aliphatic carboxylic acids is 1. The molecule has 0 radical (unpaired) electrons. The summed E-state index contributed by atoms with van der Waals surface area (Å²) in [6.45, 7) is 6.26. The summed E-state index contributed by atoms with van der Waals surface area (Å²) in [7, 11) is 0. The number of fused-ring (bicyclic) bond motifs is 1. The van der Waals surface area contributed by atoms with Crippen LogP contribution in [0.4, 0.5) is 0 Å². The van der Waals surface area contributed by atoms with Gasteiger partial charge in [0, 0.05) is 17.3 Å². The van der Waals surface area contributed by atoms with Gasteiger partial charge in [-0.15, -0.1) is 0 Å². The highest BCUT2D eigenvalue weighted by Gasteiger charge is 2.78. The predicted octanol–water partition coefficient (Wildman–Crippen LogP) is 1.05. The Hall–Kier alpha value is -1.36. The van der Waals surface area contributed by atoms with Crippen molar-refractivity contribution < 1.29 is 24.5 Å². The van der Waals surface area contributed by atoms with E-state index in [1.54, 1.807) is 6.92 Å². The number of aliphatic hydroxyl groups excluding tert-OH is 1. The first-order valence-electron chi connectivity index (χ1n) is 9.51. The fourth-order valence-electron chi connectivity index (χ4n) is 8.10. The van der Waals surface area contributed by atoms with Gasteiger partial charge in [-0.3, -0.25) is 4.79 Å². The van der Waals surface area contributed by atoms with E-state index < -0.39 is 35.3 Å². The van der Waals surface area contributed by atoms with Gasteiger partial charge in [-0.2, -0.15) is 0 Å². The lowest BCUT2D eigenvalue weighted by atomic mass is 9.50. The van der Waals surface area contributed by atoms with E-state index >= 15 is 0 Å². The third-order valence-electron chi connectivity index (χ3n) is 8.91. The Labute approximate surface area is 147 Å². The second kappa shape index (κ2) is 4.48. The maximum Gasteiger partial charge on any atom is 0.314 e. The van der Waals surface area contributed by atoms with Crippen LogP contribution in [0.25, 0.3) is 0 Å². The number of carbonyl (C=O) groups is 2. The van der Waals surface area contributed by atoms with E-state index in [1.807, 2.05) is 0 Å². The van der Waals surface area contributed by atoms with E-state index in [9.17, 15) is 19.8 Å². The molecule has 1 spiro atoms. The van der Waals surface area contributed by atoms with E-state index in [2.05, 4.69) is 6.58 Å². The Bertz CT molecular complexity index is 700. The lowest BCUT2D eigenvalue weighted by Gasteiger charge is -2.57. The fraction of sp³-hybridized carbons (Fsp3) is 0.800. The van der Waals surface area contributed by atoms with Crippen LogP contribution in [0.1, 0.15) is 45.4 Å². The average molecular weight is 345 g/mol. The smallest absolute Gasteiger partial charge is 0.314 e. The van der Waals surface area contributed by atoms with Gasteiger partial charge in [0.05, 0.1) is 18.1 Å². The number of hydrogen-bond acceptors (Lipinski definition) is 5. The largest absolute Gasteiger partial charge is 0.550 e. The number of allylic oxidation sites excluding steroid dienone is 1. The van der Waals surface area contributed by atoms with Crippen molar-refractivity contribution in [2.45, 2.75) is 51.6 Å².